The van der Waals surface area contributed by atoms with Crippen LogP contribution in [-0.4, -0.2) is 28.8 Å². The lowest BCUT2D eigenvalue weighted by atomic mass is 9.88. The van der Waals surface area contributed by atoms with E-state index in [4.69, 9.17) is 4.74 Å². The highest BCUT2D eigenvalue weighted by Gasteiger charge is 2.47. The summed E-state index contributed by atoms with van der Waals surface area (Å²) in [4.78, 5) is 35.0. The van der Waals surface area contributed by atoms with Crippen molar-refractivity contribution in [1.29, 1.82) is 0 Å². The number of carbonyl (C=O) groups excluding carboxylic acids is 2. The maximum absolute atomic E-state index is 12.5. The van der Waals surface area contributed by atoms with E-state index in [2.05, 4.69) is 5.32 Å². The Balaban J connectivity index is 1.93. The second-order valence-electron chi connectivity index (χ2n) is 5.63. The Hall–Kier alpha value is -3.26. The van der Waals surface area contributed by atoms with E-state index in [0.29, 0.717) is 11.3 Å². The van der Waals surface area contributed by atoms with Gasteiger partial charge < -0.3 is 15.2 Å². The molecule has 0 spiro atoms. The number of nitro benzene ring substituents is 1. The van der Waals surface area contributed by atoms with Gasteiger partial charge in [0.05, 0.1) is 18.5 Å². The molecule has 2 aromatic rings. The number of carbonyl (C=O) groups is 2. The minimum atomic E-state index is -2.15. The molecule has 1 amide bonds. The van der Waals surface area contributed by atoms with Crippen LogP contribution in [0, 0.1) is 10.1 Å². The van der Waals surface area contributed by atoms with Gasteiger partial charge in [-0.15, -0.1) is 0 Å². The lowest BCUT2D eigenvalue weighted by Crippen LogP contribution is -2.36. The highest BCUT2D eigenvalue weighted by atomic mass is 16.6. The van der Waals surface area contributed by atoms with Crippen molar-refractivity contribution in [3.63, 3.8) is 0 Å². The summed E-state index contributed by atoms with van der Waals surface area (Å²) in [6, 6.07) is 9.87. The summed E-state index contributed by atoms with van der Waals surface area (Å²) in [5.41, 5.74) is -1.86. The lowest BCUT2D eigenvalue weighted by molar-refractivity contribution is -0.385. The minimum Gasteiger partial charge on any atom is -0.497 e. The van der Waals surface area contributed by atoms with E-state index >= 15 is 0 Å². The van der Waals surface area contributed by atoms with Crippen LogP contribution in [0.5, 0.6) is 5.75 Å². The van der Waals surface area contributed by atoms with E-state index in [1.54, 1.807) is 12.1 Å². The van der Waals surface area contributed by atoms with Gasteiger partial charge in [0.15, 0.2) is 11.4 Å². The van der Waals surface area contributed by atoms with Crippen molar-refractivity contribution in [2.75, 3.05) is 12.4 Å². The predicted molar refractivity (Wildman–Crippen MR) is 87.6 cm³/mol. The number of nitrogens with zero attached hydrogens (tertiary/aromatic N) is 1. The Morgan fingerprint density at radius 3 is 2.56 bits per heavy atom. The van der Waals surface area contributed by atoms with Gasteiger partial charge in [-0.3, -0.25) is 19.7 Å². The van der Waals surface area contributed by atoms with Crippen molar-refractivity contribution in [2.24, 2.45) is 0 Å². The normalized spacial score (nSPS) is 18.4. The van der Waals surface area contributed by atoms with Crippen LogP contribution in [0.2, 0.25) is 0 Å². The van der Waals surface area contributed by atoms with Crippen LogP contribution in [-0.2, 0) is 10.4 Å². The van der Waals surface area contributed by atoms with Crippen LogP contribution >= 0.6 is 0 Å². The van der Waals surface area contributed by atoms with Gasteiger partial charge in [-0.1, -0.05) is 0 Å². The molecule has 1 heterocycles. The van der Waals surface area contributed by atoms with Crippen molar-refractivity contribution in [2.45, 2.75) is 12.0 Å². The second kappa shape index (κ2) is 5.99. The molecular formula is C17H14N2O6. The first kappa shape index (κ1) is 16.6. The average Bonchev–Trinajstić information content (AvgIpc) is 2.85. The summed E-state index contributed by atoms with van der Waals surface area (Å²) in [6.45, 7) is 0. The third-order valence-corrected chi connectivity index (χ3v) is 4.11. The molecule has 0 radical (unpaired) electrons. The highest BCUT2D eigenvalue weighted by Crippen LogP contribution is 2.40. The van der Waals surface area contributed by atoms with E-state index in [1.165, 1.54) is 31.4 Å². The summed E-state index contributed by atoms with van der Waals surface area (Å²) >= 11 is 0. The number of nitro groups is 1. The van der Waals surface area contributed by atoms with Gasteiger partial charge in [-0.05, 0) is 30.3 Å². The molecule has 0 saturated carbocycles. The first-order valence-electron chi connectivity index (χ1n) is 7.35. The molecule has 2 N–H and O–H groups in total. The fourth-order valence-electron chi connectivity index (χ4n) is 2.73. The zero-order valence-electron chi connectivity index (χ0n) is 13.2. The smallest absolute Gasteiger partial charge is 0.269 e. The molecule has 0 aliphatic carbocycles. The topological polar surface area (TPSA) is 119 Å². The van der Waals surface area contributed by atoms with Crippen LogP contribution in [0.1, 0.15) is 22.3 Å². The number of hydrogen-bond donors (Lipinski definition) is 2. The summed E-state index contributed by atoms with van der Waals surface area (Å²) in [5.74, 6) is -0.695. The van der Waals surface area contributed by atoms with Gasteiger partial charge >= 0.3 is 0 Å². The van der Waals surface area contributed by atoms with Gasteiger partial charge in [0.2, 0.25) is 0 Å². The molecule has 128 valence electrons. The van der Waals surface area contributed by atoms with E-state index in [0.717, 1.165) is 6.07 Å². The van der Waals surface area contributed by atoms with Crippen LogP contribution in [0.3, 0.4) is 0 Å². The number of rotatable bonds is 5. The van der Waals surface area contributed by atoms with Crippen molar-refractivity contribution >= 4 is 23.1 Å². The summed E-state index contributed by atoms with van der Waals surface area (Å²) in [6.07, 6.45) is -0.528. The maximum atomic E-state index is 12.5. The Bertz CT molecular complexity index is 877. The van der Waals surface area contributed by atoms with Crippen LogP contribution in [0.4, 0.5) is 11.4 Å². The molecular weight excluding hydrogens is 328 g/mol. The predicted octanol–water partition coefficient (Wildman–Crippen LogP) is 2.02. The minimum absolute atomic E-state index is 0.0218. The number of nitrogens with one attached hydrogen (secondary N) is 1. The van der Waals surface area contributed by atoms with Crippen LogP contribution in [0.25, 0.3) is 0 Å². The summed E-state index contributed by atoms with van der Waals surface area (Å²) in [7, 11) is 1.49. The number of Topliss-reactive ketones (excluding diaryl/α,β-unsaturated/α-hetero) is 1. The Morgan fingerprint density at radius 2 is 1.96 bits per heavy atom. The molecule has 1 aliphatic rings. The number of amides is 1. The molecule has 1 aliphatic heterocycles. The number of ketones is 1. The third kappa shape index (κ3) is 2.83. The number of fused-ring (bicyclic) bond motifs is 1. The molecule has 0 unspecified atom stereocenters. The van der Waals surface area contributed by atoms with E-state index in [-0.39, 0.29) is 16.9 Å². The molecule has 2 aromatic carbocycles. The monoisotopic (exact) mass is 342 g/mol. The number of anilines is 1. The maximum Gasteiger partial charge on any atom is 0.269 e. The van der Waals surface area contributed by atoms with E-state index in [1.807, 2.05) is 0 Å². The standard InChI is InChI=1S/C17H14N2O6/c1-25-12-5-2-10(3-6-12)15(20)9-17(22)13-8-11(19(23)24)4-7-14(13)18-16(17)21/h2-8,22H,9H2,1H3,(H,18,21)/t17-/m1/s1. The Labute approximate surface area is 142 Å². The summed E-state index contributed by atoms with van der Waals surface area (Å²) < 4.78 is 5.01. The highest BCUT2D eigenvalue weighted by molar-refractivity contribution is 6.09. The number of non-ortho nitro benzene ring substituents is 1. The molecule has 1 atom stereocenters. The van der Waals surface area contributed by atoms with Crippen LogP contribution < -0.4 is 10.1 Å². The lowest BCUT2D eigenvalue weighted by Gasteiger charge is -2.19. The van der Waals surface area contributed by atoms with Gasteiger partial charge in [0, 0.05) is 28.9 Å². The van der Waals surface area contributed by atoms with Crippen molar-refractivity contribution in [3.05, 3.63) is 63.7 Å². The molecule has 0 bridgehead atoms. The zero-order chi connectivity index (χ0) is 18.2. The SMILES string of the molecule is COc1ccc(C(=O)C[C@]2(O)C(=O)Nc3ccc([N+](=O)[O-])cc32)cc1. The molecule has 0 saturated heterocycles. The van der Waals surface area contributed by atoms with Crippen molar-refractivity contribution in [1.82, 2.24) is 0 Å². The molecule has 0 fully saturated rings. The molecule has 8 nitrogen and oxygen atoms in total. The number of ether oxygens (including phenoxy) is 1. The van der Waals surface area contributed by atoms with Gasteiger partial charge in [0.1, 0.15) is 5.75 Å². The molecule has 3 rings (SSSR count). The Kier molecular flexibility index (Phi) is 3.97. The molecule has 8 heteroatoms. The van der Waals surface area contributed by atoms with Gasteiger partial charge in [0.25, 0.3) is 11.6 Å². The molecule has 0 aromatic heterocycles. The van der Waals surface area contributed by atoms with Crippen LogP contribution in [0.15, 0.2) is 42.5 Å². The summed E-state index contributed by atoms with van der Waals surface area (Å²) in [5, 5.41) is 24.2. The Morgan fingerprint density at radius 1 is 1.28 bits per heavy atom. The number of methoxy groups -OCH3 is 1. The van der Waals surface area contributed by atoms with Crippen molar-refractivity contribution < 1.29 is 24.4 Å². The first-order valence-corrected chi connectivity index (χ1v) is 7.35. The number of hydrogen-bond acceptors (Lipinski definition) is 6. The quantitative estimate of drug-likeness (QED) is 0.487. The fraction of sp³-hybridized carbons (Fsp3) is 0.176. The largest absolute Gasteiger partial charge is 0.497 e. The van der Waals surface area contributed by atoms with E-state index in [9.17, 15) is 24.8 Å². The van der Waals surface area contributed by atoms with Gasteiger partial charge in [-0.25, -0.2) is 0 Å². The third-order valence-electron chi connectivity index (χ3n) is 4.11. The fourth-order valence-corrected chi connectivity index (χ4v) is 2.73. The number of aliphatic hydroxyl groups is 1. The molecule has 25 heavy (non-hydrogen) atoms. The second-order valence-corrected chi connectivity index (χ2v) is 5.63. The number of benzene rings is 2. The average molecular weight is 342 g/mol. The zero-order valence-corrected chi connectivity index (χ0v) is 13.2. The first-order chi connectivity index (χ1) is 11.8. The van der Waals surface area contributed by atoms with Crippen molar-refractivity contribution in [3.8, 4) is 5.75 Å². The van der Waals surface area contributed by atoms with Gasteiger partial charge in [-0.2, -0.15) is 0 Å². The van der Waals surface area contributed by atoms with E-state index < -0.39 is 28.6 Å².